The van der Waals surface area contributed by atoms with Gasteiger partial charge in [0.2, 0.25) is 0 Å². The Labute approximate surface area is 211 Å². The second-order valence-corrected chi connectivity index (χ2v) is 8.04. The molecule has 4 amide bonds. The Morgan fingerprint density at radius 3 is 2.33 bits per heavy atom. The maximum absolute atomic E-state index is 13.2. The van der Waals surface area contributed by atoms with Gasteiger partial charge in [-0.15, -0.1) is 0 Å². The molecule has 190 valence electrons. The number of hydrogen-bond donors (Lipinski definition) is 3. The molecule has 0 bridgehead atoms. The fourth-order valence-electron chi connectivity index (χ4n) is 3.24. The van der Waals surface area contributed by atoms with E-state index in [1.54, 1.807) is 42.5 Å². The van der Waals surface area contributed by atoms with Crippen molar-refractivity contribution >= 4 is 40.7 Å². The molecule has 7 nitrogen and oxygen atoms in total. The van der Waals surface area contributed by atoms with Crippen molar-refractivity contribution in [2.24, 2.45) is 0 Å². The molecule has 0 fully saturated rings. The predicted octanol–water partition coefficient (Wildman–Crippen LogP) is 6.62. The SMILES string of the molecule is COc1ccc(NC(=O)NCCCN(C(=O)Nc2cccc(Cl)c2)c2cccc(C(F)(F)F)c2)cc1. The van der Waals surface area contributed by atoms with Crippen LogP contribution < -0.4 is 25.6 Å². The molecular formula is C25H24ClF3N4O3. The Bertz CT molecular complexity index is 1190. The van der Waals surface area contributed by atoms with Crippen molar-refractivity contribution in [2.75, 3.05) is 35.7 Å². The number of ether oxygens (including phenoxy) is 1. The van der Waals surface area contributed by atoms with Gasteiger partial charge in [-0.3, -0.25) is 4.90 Å². The molecule has 0 atom stereocenters. The van der Waals surface area contributed by atoms with Crippen LogP contribution in [0.2, 0.25) is 5.02 Å². The van der Waals surface area contributed by atoms with Crippen molar-refractivity contribution in [2.45, 2.75) is 12.6 Å². The summed E-state index contributed by atoms with van der Waals surface area (Å²) in [5.41, 5.74) is 0.130. The molecule has 0 unspecified atom stereocenters. The highest BCUT2D eigenvalue weighted by Crippen LogP contribution is 2.32. The largest absolute Gasteiger partial charge is 0.497 e. The zero-order valence-corrected chi connectivity index (χ0v) is 20.0. The number of amides is 4. The van der Waals surface area contributed by atoms with Crippen LogP contribution in [0.15, 0.2) is 72.8 Å². The average molecular weight is 521 g/mol. The number of hydrogen-bond acceptors (Lipinski definition) is 3. The summed E-state index contributed by atoms with van der Waals surface area (Å²) in [4.78, 5) is 26.3. The number of carbonyl (C=O) groups excluding carboxylic acids is 2. The van der Waals surface area contributed by atoms with Gasteiger partial charge < -0.3 is 20.7 Å². The lowest BCUT2D eigenvalue weighted by Crippen LogP contribution is -2.38. The fraction of sp³-hybridized carbons (Fsp3) is 0.200. The van der Waals surface area contributed by atoms with Crippen molar-refractivity contribution in [3.05, 3.63) is 83.4 Å². The first kappa shape index (κ1) is 26.7. The topological polar surface area (TPSA) is 82.7 Å². The van der Waals surface area contributed by atoms with Gasteiger partial charge in [-0.25, -0.2) is 9.59 Å². The van der Waals surface area contributed by atoms with Crippen molar-refractivity contribution in [3.8, 4) is 5.75 Å². The smallest absolute Gasteiger partial charge is 0.416 e. The quantitative estimate of drug-likeness (QED) is 0.292. The highest BCUT2D eigenvalue weighted by atomic mass is 35.5. The number of anilines is 3. The summed E-state index contributed by atoms with van der Waals surface area (Å²) in [6.45, 7) is 0.207. The number of halogens is 4. The van der Waals surface area contributed by atoms with E-state index >= 15 is 0 Å². The molecule has 0 aliphatic heterocycles. The first-order chi connectivity index (χ1) is 17.2. The second kappa shape index (κ2) is 12.2. The van der Waals surface area contributed by atoms with Crippen molar-refractivity contribution in [3.63, 3.8) is 0 Å². The van der Waals surface area contributed by atoms with Crippen molar-refractivity contribution in [1.29, 1.82) is 0 Å². The number of benzene rings is 3. The standard InChI is InChI=1S/C25H24ClF3N4O3/c1-36-22-11-9-19(10-12-22)31-23(34)30-13-4-14-33(21-8-2-5-17(15-21)25(27,28)29)24(35)32-20-7-3-6-18(26)16-20/h2-3,5-12,15-16H,4,13-14H2,1H3,(H,32,35)(H2,30,31,34). The maximum atomic E-state index is 13.2. The monoisotopic (exact) mass is 520 g/mol. The average Bonchev–Trinajstić information content (AvgIpc) is 2.84. The zero-order chi connectivity index (χ0) is 26.1. The molecule has 0 aromatic heterocycles. The van der Waals surface area contributed by atoms with Gasteiger partial charge in [-0.1, -0.05) is 23.7 Å². The van der Waals surface area contributed by atoms with Gasteiger partial charge in [-0.05, 0) is 67.1 Å². The van der Waals surface area contributed by atoms with E-state index in [9.17, 15) is 22.8 Å². The Kier molecular flexibility index (Phi) is 9.02. The molecule has 0 heterocycles. The molecule has 3 N–H and O–H groups in total. The van der Waals surface area contributed by atoms with Gasteiger partial charge in [0.15, 0.2) is 0 Å². The first-order valence-corrected chi connectivity index (χ1v) is 11.2. The molecule has 3 aromatic rings. The molecule has 11 heteroatoms. The normalized spacial score (nSPS) is 10.9. The van der Waals surface area contributed by atoms with Crippen LogP contribution in [0, 0.1) is 0 Å². The Morgan fingerprint density at radius 2 is 1.67 bits per heavy atom. The molecule has 0 spiro atoms. The van der Waals surface area contributed by atoms with Gasteiger partial charge in [0.05, 0.1) is 12.7 Å². The minimum Gasteiger partial charge on any atom is -0.497 e. The van der Waals surface area contributed by atoms with Gasteiger partial charge >= 0.3 is 18.2 Å². The lowest BCUT2D eigenvalue weighted by Gasteiger charge is -2.24. The number of methoxy groups -OCH3 is 1. The maximum Gasteiger partial charge on any atom is 0.416 e. The van der Waals surface area contributed by atoms with Crippen molar-refractivity contribution < 1.29 is 27.5 Å². The van der Waals surface area contributed by atoms with E-state index in [0.717, 1.165) is 12.1 Å². The molecule has 36 heavy (non-hydrogen) atoms. The number of rotatable bonds is 8. The third-order valence-electron chi connectivity index (χ3n) is 5.00. The van der Waals surface area contributed by atoms with Crippen LogP contribution in [-0.2, 0) is 6.18 Å². The summed E-state index contributed by atoms with van der Waals surface area (Å²) >= 11 is 5.96. The van der Waals surface area contributed by atoms with Gasteiger partial charge in [0.1, 0.15) is 5.75 Å². The zero-order valence-electron chi connectivity index (χ0n) is 19.2. The number of nitrogens with zero attached hydrogens (tertiary/aromatic N) is 1. The summed E-state index contributed by atoms with van der Waals surface area (Å²) in [5.74, 6) is 0.645. The molecule has 0 aliphatic carbocycles. The highest BCUT2D eigenvalue weighted by molar-refractivity contribution is 6.30. The third kappa shape index (κ3) is 7.81. The van der Waals surface area contributed by atoms with Crippen molar-refractivity contribution in [1.82, 2.24) is 5.32 Å². The summed E-state index contributed by atoms with van der Waals surface area (Å²) in [6, 6.07) is 16.5. The molecule has 3 aromatic carbocycles. The Balaban J connectivity index is 1.65. The Morgan fingerprint density at radius 1 is 0.944 bits per heavy atom. The minimum absolute atomic E-state index is 0.0382. The fourth-order valence-corrected chi connectivity index (χ4v) is 3.43. The van der Waals surface area contributed by atoms with E-state index < -0.39 is 23.8 Å². The van der Waals surface area contributed by atoms with Crippen LogP contribution in [0.25, 0.3) is 0 Å². The lowest BCUT2D eigenvalue weighted by molar-refractivity contribution is -0.137. The third-order valence-corrected chi connectivity index (χ3v) is 5.23. The number of alkyl halides is 3. The van der Waals surface area contributed by atoms with Gasteiger partial charge in [0.25, 0.3) is 0 Å². The van der Waals surface area contributed by atoms with Gasteiger partial charge in [-0.2, -0.15) is 13.2 Å². The number of urea groups is 2. The second-order valence-electron chi connectivity index (χ2n) is 7.60. The van der Waals surface area contributed by atoms with E-state index in [1.165, 1.54) is 30.2 Å². The molecule has 0 saturated heterocycles. The van der Waals surface area contributed by atoms with E-state index in [4.69, 9.17) is 16.3 Å². The van der Waals surface area contributed by atoms with Crippen LogP contribution in [-0.4, -0.2) is 32.3 Å². The summed E-state index contributed by atoms with van der Waals surface area (Å²) in [6.07, 6.45) is -4.29. The van der Waals surface area contributed by atoms with Crippen LogP contribution >= 0.6 is 11.6 Å². The highest BCUT2D eigenvalue weighted by Gasteiger charge is 2.31. The predicted molar refractivity (Wildman–Crippen MR) is 134 cm³/mol. The van der Waals surface area contributed by atoms with E-state index in [2.05, 4.69) is 16.0 Å². The number of carbonyl (C=O) groups is 2. The van der Waals surface area contributed by atoms with E-state index in [0.29, 0.717) is 22.1 Å². The Hall–Kier alpha value is -3.92. The van der Waals surface area contributed by atoms with Crippen LogP contribution in [0.3, 0.4) is 0 Å². The summed E-state index contributed by atoms with van der Waals surface area (Å²) < 4.78 is 44.8. The molecule has 0 radical (unpaired) electrons. The molecular weight excluding hydrogens is 497 g/mol. The molecule has 0 saturated carbocycles. The van der Waals surface area contributed by atoms with Crippen LogP contribution in [0.1, 0.15) is 12.0 Å². The van der Waals surface area contributed by atoms with Crippen LogP contribution in [0.5, 0.6) is 5.75 Å². The molecule has 3 rings (SSSR count). The lowest BCUT2D eigenvalue weighted by atomic mass is 10.1. The summed E-state index contributed by atoms with van der Waals surface area (Å²) in [5, 5.41) is 8.36. The van der Waals surface area contributed by atoms with E-state index in [-0.39, 0.29) is 25.2 Å². The van der Waals surface area contributed by atoms with Crippen LogP contribution in [0.4, 0.5) is 39.8 Å². The molecule has 0 aliphatic rings. The minimum atomic E-state index is -4.56. The number of nitrogens with one attached hydrogen (secondary N) is 3. The van der Waals surface area contributed by atoms with E-state index in [1.807, 2.05) is 0 Å². The summed E-state index contributed by atoms with van der Waals surface area (Å²) in [7, 11) is 1.53. The van der Waals surface area contributed by atoms with Gasteiger partial charge in [0, 0.05) is 35.2 Å². The first-order valence-electron chi connectivity index (χ1n) is 10.9.